The van der Waals surface area contributed by atoms with Crippen molar-refractivity contribution in [1.29, 1.82) is 0 Å². The minimum atomic E-state index is -0.671. The molecule has 29 heavy (non-hydrogen) atoms. The second-order valence-corrected chi connectivity index (χ2v) is 7.71. The van der Waals surface area contributed by atoms with E-state index in [2.05, 4.69) is 26.2 Å². The largest absolute Gasteiger partial charge is 0.375 e. The summed E-state index contributed by atoms with van der Waals surface area (Å²) in [5.41, 5.74) is 1.34. The molecule has 9 heteroatoms. The van der Waals surface area contributed by atoms with Gasteiger partial charge in [-0.05, 0) is 25.1 Å². The normalized spacial score (nSPS) is 16.4. The third-order valence-electron chi connectivity index (χ3n) is 4.36. The number of fused-ring (bicyclic) bond motifs is 1. The lowest BCUT2D eigenvalue weighted by Gasteiger charge is -2.24. The number of rotatable bonds is 3. The third kappa shape index (κ3) is 5.01. The van der Waals surface area contributed by atoms with E-state index >= 15 is 0 Å². The van der Waals surface area contributed by atoms with E-state index in [9.17, 15) is 8.78 Å². The van der Waals surface area contributed by atoms with E-state index in [4.69, 9.17) is 21.1 Å². The Balaban J connectivity index is 0.000000755. The molecule has 2 aromatic heterocycles. The Hall–Kier alpha value is -1.87. The predicted molar refractivity (Wildman–Crippen MR) is 111 cm³/mol. The van der Waals surface area contributed by atoms with Gasteiger partial charge in [-0.25, -0.2) is 13.8 Å². The SMILES string of the molecule is CC=O.Fc1cc(Br)cc(F)c1-c1nc2cc(Cl)ccn2c1C[C@H]1CNCCO1. The molecule has 3 heterocycles. The Morgan fingerprint density at radius 3 is 2.69 bits per heavy atom. The zero-order valence-corrected chi connectivity index (χ0v) is 17.9. The molecule has 0 bridgehead atoms. The van der Waals surface area contributed by atoms with Crippen LogP contribution in [-0.4, -0.2) is 41.5 Å². The van der Waals surface area contributed by atoms with Crippen molar-refractivity contribution in [3.8, 4) is 11.3 Å². The average molecular weight is 487 g/mol. The van der Waals surface area contributed by atoms with Crippen LogP contribution in [0.15, 0.2) is 34.9 Å². The molecule has 1 saturated heterocycles. The number of pyridine rings is 1. The molecule has 1 N–H and O–H groups in total. The summed E-state index contributed by atoms with van der Waals surface area (Å²) in [6.07, 6.45) is 2.88. The van der Waals surface area contributed by atoms with Crippen LogP contribution in [0, 0.1) is 11.6 Å². The van der Waals surface area contributed by atoms with Crippen molar-refractivity contribution in [3.63, 3.8) is 0 Å². The highest BCUT2D eigenvalue weighted by Gasteiger charge is 2.24. The van der Waals surface area contributed by atoms with Gasteiger partial charge in [-0.1, -0.05) is 27.5 Å². The van der Waals surface area contributed by atoms with Crippen molar-refractivity contribution in [2.45, 2.75) is 19.4 Å². The smallest absolute Gasteiger partial charge is 0.139 e. The summed E-state index contributed by atoms with van der Waals surface area (Å²) in [6, 6.07) is 5.86. The van der Waals surface area contributed by atoms with E-state index in [-0.39, 0.29) is 17.4 Å². The molecule has 1 aliphatic rings. The Kier molecular flexibility index (Phi) is 7.34. The molecular weight excluding hydrogens is 468 g/mol. The van der Waals surface area contributed by atoms with Crippen molar-refractivity contribution >= 4 is 39.5 Å². The first-order valence-corrected chi connectivity index (χ1v) is 10.1. The Morgan fingerprint density at radius 2 is 2.07 bits per heavy atom. The lowest BCUT2D eigenvalue weighted by atomic mass is 10.0. The van der Waals surface area contributed by atoms with Gasteiger partial charge in [0.05, 0.1) is 29.7 Å². The maximum absolute atomic E-state index is 14.6. The number of nitrogens with one attached hydrogen (secondary N) is 1. The van der Waals surface area contributed by atoms with Crippen LogP contribution >= 0.6 is 27.5 Å². The number of hydrogen-bond acceptors (Lipinski definition) is 4. The molecule has 0 amide bonds. The van der Waals surface area contributed by atoms with E-state index in [1.165, 1.54) is 19.1 Å². The minimum Gasteiger partial charge on any atom is -0.375 e. The number of morpholine rings is 1. The molecule has 1 fully saturated rings. The fraction of sp³-hybridized carbons (Fsp3) is 0.300. The monoisotopic (exact) mass is 485 g/mol. The zero-order valence-electron chi connectivity index (χ0n) is 15.6. The van der Waals surface area contributed by atoms with E-state index in [0.29, 0.717) is 40.4 Å². The molecule has 154 valence electrons. The van der Waals surface area contributed by atoms with Crippen LogP contribution in [0.1, 0.15) is 12.6 Å². The summed E-state index contributed by atoms with van der Waals surface area (Å²) in [5.74, 6) is -1.34. The van der Waals surface area contributed by atoms with Gasteiger partial charge in [-0.15, -0.1) is 0 Å². The van der Waals surface area contributed by atoms with Crippen molar-refractivity contribution in [2.24, 2.45) is 0 Å². The lowest BCUT2D eigenvalue weighted by Crippen LogP contribution is -2.39. The van der Waals surface area contributed by atoms with Crippen LogP contribution in [0.25, 0.3) is 16.9 Å². The first-order chi connectivity index (χ1) is 13.9. The van der Waals surface area contributed by atoms with Crippen LogP contribution in [0.5, 0.6) is 0 Å². The second kappa shape index (κ2) is 9.75. The average Bonchev–Trinajstić information content (AvgIpc) is 2.99. The van der Waals surface area contributed by atoms with Gasteiger partial charge >= 0.3 is 0 Å². The summed E-state index contributed by atoms with van der Waals surface area (Å²) in [6.45, 7) is 3.51. The minimum absolute atomic E-state index is 0.0975. The number of aromatic nitrogens is 2. The van der Waals surface area contributed by atoms with Crippen LogP contribution < -0.4 is 5.32 Å². The highest BCUT2D eigenvalue weighted by atomic mass is 79.9. The maximum atomic E-state index is 14.6. The fourth-order valence-electron chi connectivity index (χ4n) is 3.20. The summed E-state index contributed by atoms with van der Waals surface area (Å²) in [5, 5.41) is 3.77. The van der Waals surface area contributed by atoms with E-state index in [1.54, 1.807) is 22.7 Å². The molecule has 1 aromatic carbocycles. The van der Waals surface area contributed by atoms with Crippen LogP contribution in [0.3, 0.4) is 0 Å². The number of benzene rings is 1. The van der Waals surface area contributed by atoms with Gasteiger partial charge in [0, 0.05) is 41.3 Å². The Bertz CT molecular complexity index is 999. The topological polar surface area (TPSA) is 55.6 Å². The highest BCUT2D eigenvalue weighted by Crippen LogP contribution is 2.33. The molecule has 0 saturated carbocycles. The lowest BCUT2D eigenvalue weighted by molar-refractivity contribution is -0.106. The molecule has 4 rings (SSSR count). The summed E-state index contributed by atoms with van der Waals surface area (Å²) in [7, 11) is 0. The first kappa shape index (κ1) is 21.8. The van der Waals surface area contributed by atoms with Crippen molar-refractivity contribution in [3.05, 3.63) is 57.3 Å². The van der Waals surface area contributed by atoms with Crippen molar-refractivity contribution < 1.29 is 18.3 Å². The van der Waals surface area contributed by atoms with Crippen LogP contribution in [0.4, 0.5) is 8.78 Å². The third-order valence-corrected chi connectivity index (χ3v) is 5.05. The molecule has 1 aliphatic heterocycles. The highest BCUT2D eigenvalue weighted by molar-refractivity contribution is 9.10. The first-order valence-electron chi connectivity index (χ1n) is 8.98. The van der Waals surface area contributed by atoms with Crippen LogP contribution in [0.2, 0.25) is 5.02 Å². The molecule has 0 radical (unpaired) electrons. The summed E-state index contributed by atoms with van der Waals surface area (Å²) < 4.78 is 37.1. The van der Waals surface area contributed by atoms with Gasteiger partial charge in [-0.3, -0.25) is 0 Å². The van der Waals surface area contributed by atoms with E-state index in [1.807, 2.05) is 0 Å². The number of nitrogens with zero attached hydrogens (tertiary/aromatic N) is 2. The fourth-order valence-corrected chi connectivity index (χ4v) is 3.76. The number of carbonyl (C=O) groups excluding carboxylic acids is 1. The van der Waals surface area contributed by atoms with Gasteiger partial charge < -0.3 is 19.2 Å². The van der Waals surface area contributed by atoms with Gasteiger partial charge in [0.2, 0.25) is 0 Å². The quantitative estimate of drug-likeness (QED) is 0.557. The molecule has 1 atom stereocenters. The molecule has 0 spiro atoms. The van der Waals surface area contributed by atoms with Gasteiger partial charge in [0.15, 0.2) is 0 Å². The number of ether oxygens (including phenoxy) is 1. The number of hydrogen-bond donors (Lipinski definition) is 1. The Labute approximate surface area is 180 Å². The molecule has 5 nitrogen and oxygen atoms in total. The number of aldehydes is 1. The van der Waals surface area contributed by atoms with Crippen molar-refractivity contribution in [1.82, 2.24) is 14.7 Å². The standard InChI is InChI=1S/C18H15BrClF2N3O.C2H4O/c19-10-5-13(21)17(14(22)6-10)18-15(8-12-9-23-2-4-26-12)25-3-1-11(20)7-16(25)24-18;1-2-3/h1,3,5-7,12,23H,2,4,8-9H2;2H,1H3/t12-;/m0./s1. The number of halogens is 4. The van der Waals surface area contributed by atoms with Crippen LogP contribution in [-0.2, 0) is 16.0 Å². The van der Waals surface area contributed by atoms with E-state index < -0.39 is 11.6 Å². The second-order valence-electron chi connectivity index (χ2n) is 6.36. The predicted octanol–water partition coefficient (Wildman–Crippen LogP) is 4.43. The molecule has 0 aliphatic carbocycles. The van der Waals surface area contributed by atoms with Gasteiger partial charge in [0.1, 0.15) is 23.6 Å². The van der Waals surface area contributed by atoms with Gasteiger partial charge in [0.25, 0.3) is 0 Å². The maximum Gasteiger partial charge on any atom is 0.139 e. The summed E-state index contributed by atoms with van der Waals surface area (Å²) in [4.78, 5) is 13.3. The number of imidazole rings is 1. The van der Waals surface area contributed by atoms with Crippen molar-refractivity contribution in [2.75, 3.05) is 19.7 Å². The van der Waals surface area contributed by atoms with Gasteiger partial charge in [-0.2, -0.15) is 0 Å². The van der Waals surface area contributed by atoms with E-state index in [0.717, 1.165) is 12.8 Å². The number of carbonyl (C=O) groups is 1. The molecule has 0 unspecified atom stereocenters. The molecule has 3 aromatic rings. The molecular formula is C20H19BrClF2N3O2. The zero-order chi connectivity index (χ0) is 21.0. The summed E-state index contributed by atoms with van der Waals surface area (Å²) >= 11 is 9.17. The Morgan fingerprint density at radius 1 is 1.38 bits per heavy atom.